The summed E-state index contributed by atoms with van der Waals surface area (Å²) in [7, 11) is -3.70. The van der Waals surface area contributed by atoms with Crippen LogP contribution in [-0.2, 0) is 14.8 Å². The highest BCUT2D eigenvalue weighted by atomic mass is 32.2. The number of fused-ring (bicyclic) bond motifs is 2. The summed E-state index contributed by atoms with van der Waals surface area (Å²) < 4.78 is 28.4. The minimum Gasteiger partial charge on any atom is -0.322 e. The molecule has 30 heavy (non-hydrogen) atoms. The third-order valence-electron chi connectivity index (χ3n) is 7.03. The summed E-state index contributed by atoms with van der Waals surface area (Å²) >= 11 is 0. The number of carbonyl (C=O) groups is 2. The quantitative estimate of drug-likeness (QED) is 0.728. The van der Waals surface area contributed by atoms with Crippen molar-refractivity contribution in [1.82, 2.24) is 0 Å². The third-order valence-corrected chi connectivity index (χ3v) is 8.45. The van der Waals surface area contributed by atoms with Crippen LogP contribution in [0.15, 0.2) is 54.6 Å². The van der Waals surface area contributed by atoms with Crippen LogP contribution in [0.5, 0.6) is 0 Å². The van der Waals surface area contributed by atoms with Crippen LogP contribution in [0, 0.1) is 16.7 Å². The van der Waals surface area contributed by atoms with E-state index in [-0.39, 0.29) is 28.8 Å². The Balaban J connectivity index is 1.44. The predicted molar refractivity (Wildman–Crippen MR) is 117 cm³/mol. The van der Waals surface area contributed by atoms with Gasteiger partial charge in [-0.05, 0) is 60.6 Å². The van der Waals surface area contributed by atoms with E-state index in [0.29, 0.717) is 29.8 Å². The second-order valence-electron chi connectivity index (χ2n) is 8.93. The van der Waals surface area contributed by atoms with E-state index < -0.39 is 15.4 Å². The summed E-state index contributed by atoms with van der Waals surface area (Å²) in [6.07, 6.45) is 2.03. The van der Waals surface area contributed by atoms with Gasteiger partial charge in [-0.15, -0.1) is 0 Å². The van der Waals surface area contributed by atoms with Crippen molar-refractivity contribution in [3.8, 4) is 0 Å². The largest absolute Gasteiger partial charge is 0.322 e. The van der Waals surface area contributed by atoms with E-state index in [2.05, 4.69) is 10.0 Å². The fraction of sp³-hybridized carbons (Fsp3) is 0.391. The smallest absolute Gasteiger partial charge is 0.255 e. The minimum atomic E-state index is -3.70. The normalized spacial score (nSPS) is 24.6. The molecule has 0 aliphatic heterocycles. The zero-order valence-corrected chi connectivity index (χ0v) is 18.0. The highest BCUT2D eigenvalue weighted by Gasteiger charge is 2.65. The third kappa shape index (κ3) is 3.51. The van der Waals surface area contributed by atoms with Crippen LogP contribution in [-0.4, -0.2) is 25.9 Å². The summed E-state index contributed by atoms with van der Waals surface area (Å²) in [5, 5.41) is 2.78. The van der Waals surface area contributed by atoms with Gasteiger partial charge in [-0.1, -0.05) is 32.0 Å². The van der Waals surface area contributed by atoms with Crippen LogP contribution in [0.25, 0.3) is 0 Å². The lowest BCUT2D eigenvalue weighted by atomic mass is 9.70. The van der Waals surface area contributed by atoms with Crippen molar-refractivity contribution in [3.05, 3.63) is 60.2 Å². The number of sulfonamides is 1. The second kappa shape index (κ2) is 7.23. The Labute approximate surface area is 177 Å². The van der Waals surface area contributed by atoms with Crippen molar-refractivity contribution in [2.24, 2.45) is 16.7 Å². The van der Waals surface area contributed by atoms with Gasteiger partial charge in [0, 0.05) is 23.4 Å². The molecular weight excluding hydrogens is 400 g/mol. The highest BCUT2D eigenvalue weighted by molar-refractivity contribution is 7.92. The van der Waals surface area contributed by atoms with Gasteiger partial charge in [0.25, 0.3) is 5.91 Å². The van der Waals surface area contributed by atoms with Gasteiger partial charge >= 0.3 is 0 Å². The molecule has 2 N–H and O–H groups in total. The molecule has 0 aromatic heterocycles. The Bertz CT molecular complexity index is 1080. The molecule has 2 fully saturated rings. The number of rotatable bonds is 6. The summed E-state index contributed by atoms with van der Waals surface area (Å²) in [6.45, 7) is 4.05. The number of hydrogen-bond donors (Lipinski definition) is 2. The number of Topliss-reactive ketones (excluding diaryl/α,β-unsaturated/α-hetero) is 1. The van der Waals surface area contributed by atoms with Gasteiger partial charge in [-0.3, -0.25) is 14.3 Å². The molecule has 0 spiro atoms. The van der Waals surface area contributed by atoms with E-state index in [9.17, 15) is 18.0 Å². The molecule has 4 rings (SSSR count). The van der Waals surface area contributed by atoms with Crippen LogP contribution in [0.1, 0.15) is 43.5 Å². The summed E-state index contributed by atoms with van der Waals surface area (Å²) in [4.78, 5) is 24.9. The van der Waals surface area contributed by atoms with Crippen LogP contribution in [0.4, 0.5) is 11.4 Å². The van der Waals surface area contributed by atoms with Crippen molar-refractivity contribution < 1.29 is 18.0 Å². The molecule has 2 aliphatic rings. The Hall–Kier alpha value is -2.67. The maximum Gasteiger partial charge on any atom is 0.255 e. The lowest BCUT2D eigenvalue weighted by molar-refractivity contribution is -0.128. The van der Waals surface area contributed by atoms with Gasteiger partial charge in [0.15, 0.2) is 0 Å². The number of benzene rings is 2. The molecule has 7 heteroatoms. The molecule has 2 aliphatic carbocycles. The maximum absolute atomic E-state index is 12.9. The molecule has 2 saturated carbocycles. The first-order chi connectivity index (χ1) is 14.1. The molecule has 158 valence electrons. The van der Waals surface area contributed by atoms with E-state index in [1.807, 2.05) is 19.9 Å². The number of carbonyl (C=O) groups excluding carboxylic acids is 2. The maximum atomic E-state index is 12.9. The molecule has 2 aromatic carbocycles. The lowest BCUT2D eigenvalue weighted by Gasteiger charge is -2.36. The molecule has 0 heterocycles. The zero-order chi connectivity index (χ0) is 21.6. The van der Waals surface area contributed by atoms with Gasteiger partial charge in [0.05, 0.1) is 11.2 Å². The Morgan fingerprint density at radius 2 is 1.67 bits per heavy atom. The van der Waals surface area contributed by atoms with Crippen molar-refractivity contribution in [3.63, 3.8) is 0 Å². The first-order valence-electron chi connectivity index (χ1n) is 10.1. The second-order valence-corrected chi connectivity index (χ2v) is 10.6. The topological polar surface area (TPSA) is 92.3 Å². The van der Waals surface area contributed by atoms with E-state index in [0.717, 1.165) is 6.42 Å². The number of nitrogens with one attached hydrogen (secondary N) is 2. The van der Waals surface area contributed by atoms with Crippen molar-refractivity contribution in [2.45, 2.75) is 33.1 Å². The Kier molecular flexibility index (Phi) is 4.97. The lowest BCUT2D eigenvalue weighted by Crippen LogP contribution is -2.43. The molecule has 0 saturated heterocycles. The fourth-order valence-electron chi connectivity index (χ4n) is 5.06. The SMILES string of the molecule is CC1(C)C2CCC1(CS(=O)(=O)Nc1ccc(NC(=O)c3ccccc3)cc1)C(=O)C2. The van der Waals surface area contributed by atoms with Gasteiger partial charge in [0.1, 0.15) is 5.78 Å². The van der Waals surface area contributed by atoms with Gasteiger partial charge in [0.2, 0.25) is 10.0 Å². The van der Waals surface area contributed by atoms with Crippen LogP contribution in [0.3, 0.4) is 0 Å². The average Bonchev–Trinajstić information content (AvgIpc) is 3.04. The first kappa shape index (κ1) is 20.6. The van der Waals surface area contributed by atoms with E-state index in [4.69, 9.17) is 0 Å². The molecule has 1 amide bonds. The standard InChI is InChI=1S/C23H26N2O4S/c1-22(2)17-12-13-23(22,20(26)14-17)15-30(28,29)25-19-10-8-18(9-11-19)24-21(27)16-6-4-3-5-7-16/h3-11,17,25H,12-15H2,1-2H3,(H,24,27). The Morgan fingerprint density at radius 3 is 2.23 bits per heavy atom. The van der Waals surface area contributed by atoms with Crippen LogP contribution in [0.2, 0.25) is 0 Å². The van der Waals surface area contributed by atoms with Crippen molar-refractivity contribution >= 4 is 33.1 Å². The first-order valence-corrected chi connectivity index (χ1v) is 11.8. The molecule has 6 nitrogen and oxygen atoms in total. The average molecular weight is 427 g/mol. The number of amides is 1. The van der Waals surface area contributed by atoms with Gasteiger partial charge in [-0.25, -0.2) is 8.42 Å². The number of ketones is 1. The predicted octanol–water partition coefficient (Wildman–Crippen LogP) is 4.08. The van der Waals surface area contributed by atoms with E-state index >= 15 is 0 Å². The number of hydrogen-bond acceptors (Lipinski definition) is 4. The van der Waals surface area contributed by atoms with Crippen LogP contribution < -0.4 is 10.0 Å². The molecule has 0 radical (unpaired) electrons. The summed E-state index contributed by atoms with van der Waals surface area (Å²) in [5.41, 5.74) is 0.413. The zero-order valence-electron chi connectivity index (χ0n) is 17.1. The van der Waals surface area contributed by atoms with E-state index in [1.165, 1.54) is 0 Å². The van der Waals surface area contributed by atoms with Gasteiger partial charge in [-0.2, -0.15) is 0 Å². The van der Waals surface area contributed by atoms with Crippen LogP contribution >= 0.6 is 0 Å². The minimum absolute atomic E-state index is 0.0769. The van der Waals surface area contributed by atoms with E-state index in [1.54, 1.807) is 48.5 Å². The van der Waals surface area contributed by atoms with Crippen molar-refractivity contribution in [1.29, 1.82) is 0 Å². The van der Waals surface area contributed by atoms with Crippen molar-refractivity contribution in [2.75, 3.05) is 15.8 Å². The summed E-state index contributed by atoms with van der Waals surface area (Å²) in [6, 6.07) is 15.4. The molecule has 2 unspecified atom stereocenters. The highest BCUT2D eigenvalue weighted by Crippen LogP contribution is 2.64. The Morgan fingerprint density at radius 1 is 1.03 bits per heavy atom. The fourth-order valence-corrected chi connectivity index (χ4v) is 6.96. The number of anilines is 2. The molecule has 2 aromatic rings. The molecular formula is C23H26N2O4S. The molecule has 2 atom stereocenters. The monoisotopic (exact) mass is 426 g/mol. The molecule has 2 bridgehead atoms. The summed E-state index contributed by atoms with van der Waals surface area (Å²) in [5.74, 6) is -0.0731. The van der Waals surface area contributed by atoms with Gasteiger partial charge < -0.3 is 5.32 Å².